The maximum Gasteiger partial charge on any atom is 0.117 e. The van der Waals surface area contributed by atoms with Crippen molar-refractivity contribution in [3.05, 3.63) is 24.2 Å². The summed E-state index contributed by atoms with van der Waals surface area (Å²) in [6.45, 7) is 5.15. The second kappa shape index (κ2) is 6.22. The van der Waals surface area contributed by atoms with E-state index in [0.29, 0.717) is 5.92 Å². The van der Waals surface area contributed by atoms with Crippen molar-refractivity contribution in [3.63, 3.8) is 0 Å². The average Bonchev–Trinajstić information content (AvgIpc) is 3.07. The zero-order chi connectivity index (χ0) is 12.1. The van der Waals surface area contributed by atoms with Crippen LogP contribution < -0.4 is 5.73 Å². The SMILES string of the molecule is CCC(CN)CCN(Cc1ccco1)C1CC1. The van der Waals surface area contributed by atoms with E-state index in [-0.39, 0.29) is 0 Å². The summed E-state index contributed by atoms with van der Waals surface area (Å²) in [5, 5.41) is 0. The summed E-state index contributed by atoms with van der Waals surface area (Å²) in [7, 11) is 0. The molecule has 0 bridgehead atoms. The Morgan fingerprint density at radius 1 is 1.53 bits per heavy atom. The maximum atomic E-state index is 5.76. The second-order valence-electron chi connectivity index (χ2n) is 5.08. The lowest BCUT2D eigenvalue weighted by Gasteiger charge is -2.23. The number of hydrogen-bond donors (Lipinski definition) is 1. The Hall–Kier alpha value is -0.800. The van der Waals surface area contributed by atoms with Gasteiger partial charge in [-0.05, 0) is 50.4 Å². The highest BCUT2D eigenvalue weighted by Crippen LogP contribution is 2.29. The van der Waals surface area contributed by atoms with Gasteiger partial charge < -0.3 is 10.2 Å². The molecule has 1 fully saturated rings. The van der Waals surface area contributed by atoms with Gasteiger partial charge in [0.05, 0.1) is 12.8 Å². The minimum Gasteiger partial charge on any atom is -0.468 e. The fraction of sp³-hybridized carbons (Fsp3) is 0.714. The van der Waals surface area contributed by atoms with Crippen molar-refractivity contribution < 1.29 is 4.42 Å². The molecule has 1 aromatic rings. The van der Waals surface area contributed by atoms with Crippen molar-refractivity contribution in [1.29, 1.82) is 0 Å². The topological polar surface area (TPSA) is 42.4 Å². The van der Waals surface area contributed by atoms with Gasteiger partial charge >= 0.3 is 0 Å². The van der Waals surface area contributed by atoms with Crippen LogP contribution in [0.2, 0.25) is 0 Å². The molecule has 96 valence electrons. The minimum atomic E-state index is 0.674. The number of hydrogen-bond acceptors (Lipinski definition) is 3. The quantitative estimate of drug-likeness (QED) is 0.754. The Labute approximate surface area is 104 Å². The Bertz CT molecular complexity index is 302. The van der Waals surface area contributed by atoms with Gasteiger partial charge in [-0.2, -0.15) is 0 Å². The van der Waals surface area contributed by atoms with Crippen molar-refractivity contribution in [1.82, 2.24) is 4.90 Å². The number of nitrogens with two attached hydrogens (primary N) is 1. The first-order chi connectivity index (χ1) is 8.33. The third-order valence-electron chi connectivity index (χ3n) is 3.74. The van der Waals surface area contributed by atoms with Gasteiger partial charge in [0, 0.05) is 6.04 Å². The minimum absolute atomic E-state index is 0.674. The van der Waals surface area contributed by atoms with E-state index in [9.17, 15) is 0 Å². The lowest BCUT2D eigenvalue weighted by molar-refractivity contribution is 0.216. The summed E-state index contributed by atoms with van der Waals surface area (Å²) in [5.41, 5.74) is 5.76. The van der Waals surface area contributed by atoms with Gasteiger partial charge in [0.2, 0.25) is 0 Å². The van der Waals surface area contributed by atoms with Crippen LogP contribution in [0.3, 0.4) is 0 Å². The molecule has 0 saturated heterocycles. The molecule has 1 aromatic heterocycles. The average molecular weight is 236 g/mol. The van der Waals surface area contributed by atoms with Gasteiger partial charge in [0.25, 0.3) is 0 Å². The lowest BCUT2D eigenvalue weighted by atomic mass is 10.0. The molecule has 1 unspecified atom stereocenters. The number of rotatable bonds is 8. The van der Waals surface area contributed by atoms with Gasteiger partial charge in [-0.25, -0.2) is 0 Å². The molecule has 0 aromatic carbocycles. The van der Waals surface area contributed by atoms with Crippen molar-refractivity contribution in [2.24, 2.45) is 11.7 Å². The van der Waals surface area contributed by atoms with Crippen LogP contribution in [0.5, 0.6) is 0 Å². The van der Waals surface area contributed by atoms with E-state index in [1.54, 1.807) is 6.26 Å². The standard InChI is InChI=1S/C14H24N2O/c1-2-12(10-15)7-8-16(13-5-6-13)11-14-4-3-9-17-14/h3-4,9,12-13H,2,5-8,10-11,15H2,1H3. The molecule has 3 heteroatoms. The summed E-state index contributed by atoms with van der Waals surface area (Å²) >= 11 is 0. The smallest absolute Gasteiger partial charge is 0.117 e. The van der Waals surface area contributed by atoms with E-state index < -0.39 is 0 Å². The van der Waals surface area contributed by atoms with E-state index in [2.05, 4.69) is 17.9 Å². The van der Waals surface area contributed by atoms with Crippen molar-refractivity contribution in [3.8, 4) is 0 Å². The molecule has 1 heterocycles. The van der Waals surface area contributed by atoms with Gasteiger partial charge in [0.1, 0.15) is 5.76 Å². The molecule has 2 N–H and O–H groups in total. The largest absolute Gasteiger partial charge is 0.468 e. The van der Waals surface area contributed by atoms with Crippen LogP contribution in [-0.2, 0) is 6.54 Å². The zero-order valence-electron chi connectivity index (χ0n) is 10.8. The Morgan fingerprint density at radius 3 is 2.88 bits per heavy atom. The second-order valence-corrected chi connectivity index (χ2v) is 5.08. The first kappa shape index (κ1) is 12.7. The summed E-state index contributed by atoms with van der Waals surface area (Å²) in [5.74, 6) is 1.76. The van der Waals surface area contributed by atoms with Crippen LogP contribution in [0, 0.1) is 5.92 Å². The van der Waals surface area contributed by atoms with E-state index in [1.807, 2.05) is 6.07 Å². The van der Waals surface area contributed by atoms with Gasteiger partial charge in [-0.3, -0.25) is 4.90 Å². The number of furan rings is 1. The molecule has 3 nitrogen and oxygen atoms in total. The summed E-state index contributed by atoms with van der Waals surface area (Å²) < 4.78 is 5.44. The highest BCUT2D eigenvalue weighted by molar-refractivity contribution is 4.99. The third kappa shape index (κ3) is 3.86. The molecule has 0 radical (unpaired) electrons. The van der Waals surface area contributed by atoms with Crippen molar-refractivity contribution in [2.45, 2.75) is 45.2 Å². The third-order valence-corrected chi connectivity index (χ3v) is 3.74. The van der Waals surface area contributed by atoms with Crippen LogP contribution in [-0.4, -0.2) is 24.0 Å². The molecule has 2 rings (SSSR count). The predicted molar refractivity (Wildman–Crippen MR) is 69.6 cm³/mol. The molecular weight excluding hydrogens is 212 g/mol. The molecule has 1 saturated carbocycles. The first-order valence-corrected chi connectivity index (χ1v) is 6.80. The molecule has 0 spiro atoms. The Morgan fingerprint density at radius 2 is 2.35 bits per heavy atom. The normalized spacial score (nSPS) is 17.6. The van der Waals surface area contributed by atoms with E-state index in [0.717, 1.165) is 31.4 Å². The van der Waals surface area contributed by atoms with Crippen LogP contribution in [0.4, 0.5) is 0 Å². The molecule has 0 amide bonds. The summed E-state index contributed by atoms with van der Waals surface area (Å²) in [6, 6.07) is 4.82. The van der Waals surface area contributed by atoms with Crippen LogP contribution in [0.1, 0.15) is 38.4 Å². The highest BCUT2D eigenvalue weighted by Gasteiger charge is 2.29. The van der Waals surface area contributed by atoms with Crippen molar-refractivity contribution >= 4 is 0 Å². The fourth-order valence-corrected chi connectivity index (χ4v) is 2.27. The van der Waals surface area contributed by atoms with Crippen LogP contribution >= 0.6 is 0 Å². The monoisotopic (exact) mass is 236 g/mol. The summed E-state index contributed by atoms with van der Waals surface area (Å²) in [6.07, 6.45) is 6.86. The molecule has 17 heavy (non-hydrogen) atoms. The van der Waals surface area contributed by atoms with Crippen LogP contribution in [0.25, 0.3) is 0 Å². The zero-order valence-corrected chi connectivity index (χ0v) is 10.8. The molecule has 1 aliphatic carbocycles. The molecule has 0 aliphatic heterocycles. The maximum absolute atomic E-state index is 5.76. The fourth-order valence-electron chi connectivity index (χ4n) is 2.27. The molecular formula is C14H24N2O. The Balaban J connectivity index is 1.81. The van der Waals surface area contributed by atoms with Gasteiger partial charge in [-0.15, -0.1) is 0 Å². The molecule has 1 aliphatic rings. The highest BCUT2D eigenvalue weighted by atomic mass is 16.3. The van der Waals surface area contributed by atoms with Gasteiger partial charge in [0.15, 0.2) is 0 Å². The first-order valence-electron chi connectivity index (χ1n) is 6.80. The van der Waals surface area contributed by atoms with Crippen molar-refractivity contribution in [2.75, 3.05) is 13.1 Å². The lowest BCUT2D eigenvalue weighted by Crippen LogP contribution is -2.29. The van der Waals surface area contributed by atoms with E-state index in [4.69, 9.17) is 10.2 Å². The predicted octanol–water partition coefficient (Wildman–Crippen LogP) is 2.62. The number of nitrogens with zero attached hydrogens (tertiary/aromatic N) is 1. The van der Waals surface area contributed by atoms with Crippen LogP contribution in [0.15, 0.2) is 22.8 Å². The Kier molecular flexibility index (Phi) is 4.63. The summed E-state index contributed by atoms with van der Waals surface area (Å²) in [4.78, 5) is 2.55. The molecule has 1 atom stereocenters. The van der Waals surface area contributed by atoms with E-state index in [1.165, 1.54) is 25.7 Å². The van der Waals surface area contributed by atoms with E-state index >= 15 is 0 Å². The van der Waals surface area contributed by atoms with Gasteiger partial charge in [-0.1, -0.05) is 13.3 Å².